The number of rotatable bonds is 5. The van der Waals surface area contributed by atoms with E-state index in [1.165, 1.54) is 25.6 Å². The number of nitrogens with two attached hydrogens (primary N) is 1. The minimum absolute atomic E-state index is 0.0620. The summed E-state index contributed by atoms with van der Waals surface area (Å²) in [6, 6.07) is 0. The Balaban J connectivity index is 2.10. The molecule has 2 N–H and O–H groups in total. The van der Waals surface area contributed by atoms with E-state index in [0.29, 0.717) is 11.6 Å². The van der Waals surface area contributed by atoms with E-state index in [4.69, 9.17) is 10.5 Å². The first-order valence-electron chi connectivity index (χ1n) is 6.56. The lowest BCUT2D eigenvalue weighted by atomic mass is 9.85. The van der Waals surface area contributed by atoms with Gasteiger partial charge in [-0.1, -0.05) is 6.42 Å². The van der Waals surface area contributed by atoms with Crippen LogP contribution in [-0.4, -0.2) is 29.7 Å². The Bertz CT molecular complexity index is 404. The zero-order valence-corrected chi connectivity index (χ0v) is 11.4. The van der Waals surface area contributed by atoms with Gasteiger partial charge in [-0.3, -0.25) is 0 Å². The number of nitrogen functional groups attached to an aromatic ring is 1. The summed E-state index contributed by atoms with van der Waals surface area (Å²) < 4.78 is 5.58. The van der Waals surface area contributed by atoms with Crippen LogP contribution in [0.4, 0.5) is 11.5 Å². The van der Waals surface area contributed by atoms with Crippen LogP contribution in [0.1, 0.15) is 33.1 Å². The van der Waals surface area contributed by atoms with Gasteiger partial charge in [0, 0.05) is 13.6 Å². The van der Waals surface area contributed by atoms with Gasteiger partial charge < -0.3 is 15.4 Å². The van der Waals surface area contributed by atoms with Crippen LogP contribution in [0.25, 0.3) is 0 Å². The zero-order valence-electron chi connectivity index (χ0n) is 11.4. The molecule has 1 aliphatic rings. The molecule has 0 radical (unpaired) electrons. The molecule has 2 rings (SSSR count). The zero-order chi connectivity index (χ0) is 13.1. The second-order valence-corrected chi connectivity index (χ2v) is 5.26. The highest BCUT2D eigenvalue weighted by atomic mass is 16.5. The fourth-order valence-corrected chi connectivity index (χ4v) is 2.14. The molecule has 0 unspecified atom stereocenters. The summed E-state index contributed by atoms with van der Waals surface area (Å²) >= 11 is 0. The van der Waals surface area contributed by atoms with Crippen LogP contribution in [0.2, 0.25) is 0 Å². The number of ether oxygens (including phenoxy) is 1. The minimum Gasteiger partial charge on any atom is -0.473 e. The predicted molar refractivity (Wildman–Crippen MR) is 72.8 cm³/mol. The highest BCUT2D eigenvalue weighted by Gasteiger charge is 2.21. The van der Waals surface area contributed by atoms with Crippen LogP contribution in [-0.2, 0) is 0 Å². The standard InChI is InChI=1S/C13H22N4O/c1-9(2)18-13-11(14)12(15-8-16-13)17(3)7-10-5-4-6-10/h8-10H,4-7,14H2,1-3H3. The quantitative estimate of drug-likeness (QED) is 0.866. The fraction of sp³-hybridized carbons (Fsp3) is 0.692. The Kier molecular flexibility index (Phi) is 3.89. The van der Waals surface area contributed by atoms with Crippen molar-refractivity contribution in [3.8, 4) is 5.88 Å². The van der Waals surface area contributed by atoms with Gasteiger partial charge in [0.05, 0.1) is 6.10 Å². The van der Waals surface area contributed by atoms with Gasteiger partial charge in [-0.05, 0) is 32.6 Å². The normalized spacial score (nSPS) is 15.6. The number of hydrogen-bond donors (Lipinski definition) is 1. The third kappa shape index (κ3) is 2.83. The van der Waals surface area contributed by atoms with Gasteiger partial charge in [0.25, 0.3) is 0 Å². The van der Waals surface area contributed by atoms with Crippen molar-refractivity contribution in [1.82, 2.24) is 9.97 Å². The highest BCUT2D eigenvalue weighted by molar-refractivity contribution is 5.67. The monoisotopic (exact) mass is 250 g/mol. The number of nitrogens with zero attached hydrogens (tertiary/aromatic N) is 3. The third-order valence-electron chi connectivity index (χ3n) is 3.29. The Morgan fingerprint density at radius 1 is 1.44 bits per heavy atom. The molecule has 0 spiro atoms. The van der Waals surface area contributed by atoms with Crippen LogP contribution < -0.4 is 15.4 Å². The summed E-state index contributed by atoms with van der Waals surface area (Å²) in [5, 5.41) is 0. The van der Waals surface area contributed by atoms with E-state index in [1.54, 1.807) is 0 Å². The maximum Gasteiger partial charge on any atom is 0.242 e. The van der Waals surface area contributed by atoms with E-state index in [0.717, 1.165) is 18.3 Å². The first kappa shape index (κ1) is 12.9. The van der Waals surface area contributed by atoms with E-state index in [9.17, 15) is 0 Å². The maximum atomic E-state index is 6.08. The van der Waals surface area contributed by atoms with Gasteiger partial charge in [-0.2, -0.15) is 4.98 Å². The second kappa shape index (κ2) is 5.42. The summed E-state index contributed by atoms with van der Waals surface area (Å²) in [6.45, 7) is 4.92. The van der Waals surface area contributed by atoms with Gasteiger partial charge in [-0.25, -0.2) is 4.98 Å². The van der Waals surface area contributed by atoms with Crippen LogP contribution in [0.5, 0.6) is 5.88 Å². The van der Waals surface area contributed by atoms with Gasteiger partial charge >= 0.3 is 0 Å². The lowest BCUT2D eigenvalue weighted by Crippen LogP contribution is -2.30. The third-order valence-corrected chi connectivity index (χ3v) is 3.29. The van der Waals surface area contributed by atoms with Crippen molar-refractivity contribution in [3.05, 3.63) is 6.33 Å². The molecule has 5 nitrogen and oxygen atoms in total. The minimum atomic E-state index is 0.0620. The molecule has 0 bridgehead atoms. The lowest BCUT2D eigenvalue weighted by Gasteiger charge is -2.31. The van der Waals surface area contributed by atoms with E-state index >= 15 is 0 Å². The molecule has 0 amide bonds. The molecular weight excluding hydrogens is 228 g/mol. The van der Waals surface area contributed by atoms with E-state index < -0.39 is 0 Å². The molecule has 1 aromatic heterocycles. The highest BCUT2D eigenvalue weighted by Crippen LogP contribution is 2.31. The molecule has 18 heavy (non-hydrogen) atoms. The topological polar surface area (TPSA) is 64.3 Å². The summed E-state index contributed by atoms with van der Waals surface area (Å²) in [4.78, 5) is 10.5. The van der Waals surface area contributed by atoms with Crippen LogP contribution in [0.3, 0.4) is 0 Å². The Morgan fingerprint density at radius 2 is 2.17 bits per heavy atom. The molecule has 0 atom stereocenters. The predicted octanol–water partition coefficient (Wildman–Crippen LogP) is 2.08. The fourth-order valence-electron chi connectivity index (χ4n) is 2.14. The summed E-state index contributed by atoms with van der Waals surface area (Å²) in [7, 11) is 2.02. The molecule has 1 saturated carbocycles. The van der Waals surface area contributed by atoms with E-state index in [-0.39, 0.29) is 6.10 Å². The Morgan fingerprint density at radius 3 is 2.72 bits per heavy atom. The van der Waals surface area contributed by atoms with Crippen molar-refractivity contribution in [2.24, 2.45) is 5.92 Å². The average Bonchev–Trinajstić information content (AvgIpc) is 2.25. The summed E-state index contributed by atoms with van der Waals surface area (Å²) in [6.07, 6.45) is 5.54. The Labute approximate surface area is 108 Å². The van der Waals surface area contributed by atoms with Crippen molar-refractivity contribution in [2.45, 2.75) is 39.2 Å². The number of aromatic nitrogens is 2. The first-order chi connectivity index (χ1) is 8.58. The van der Waals surface area contributed by atoms with Crippen molar-refractivity contribution < 1.29 is 4.74 Å². The van der Waals surface area contributed by atoms with Crippen molar-refractivity contribution >= 4 is 11.5 Å². The number of anilines is 2. The molecular formula is C13H22N4O. The van der Waals surface area contributed by atoms with Crippen LogP contribution in [0, 0.1) is 5.92 Å². The van der Waals surface area contributed by atoms with Crippen LogP contribution >= 0.6 is 0 Å². The maximum absolute atomic E-state index is 6.08. The molecule has 1 aromatic rings. The molecule has 1 aliphatic carbocycles. The molecule has 0 aromatic carbocycles. The SMILES string of the molecule is CC(C)Oc1ncnc(N(C)CC2CCC2)c1N. The van der Waals surface area contributed by atoms with Gasteiger partial charge in [0.1, 0.15) is 12.0 Å². The smallest absolute Gasteiger partial charge is 0.242 e. The van der Waals surface area contributed by atoms with Crippen molar-refractivity contribution in [3.63, 3.8) is 0 Å². The lowest BCUT2D eigenvalue weighted by molar-refractivity contribution is 0.234. The van der Waals surface area contributed by atoms with Crippen molar-refractivity contribution in [1.29, 1.82) is 0 Å². The molecule has 0 saturated heterocycles. The van der Waals surface area contributed by atoms with Gasteiger partial charge in [0.15, 0.2) is 5.82 Å². The van der Waals surface area contributed by atoms with Crippen molar-refractivity contribution in [2.75, 3.05) is 24.2 Å². The summed E-state index contributed by atoms with van der Waals surface area (Å²) in [5.74, 6) is 2.03. The van der Waals surface area contributed by atoms with Gasteiger partial charge in [-0.15, -0.1) is 0 Å². The molecule has 1 heterocycles. The second-order valence-electron chi connectivity index (χ2n) is 5.26. The number of hydrogen-bond acceptors (Lipinski definition) is 5. The molecule has 0 aliphatic heterocycles. The molecule has 1 fully saturated rings. The van der Waals surface area contributed by atoms with E-state index in [2.05, 4.69) is 14.9 Å². The molecule has 5 heteroatoms. The average molecular weight is 250 g/mol. The molecule has 100 valence electrons. The van der Waals surface area contributed by atoms with Crippen LogP contribution in [0.15, 0.2) is 6.33 Å². The van der Waals surface area contributed by atoms with Gasteiger partial charge in [0.2, 0.25) is 5.88 Å². The Hall–Kier alpha value is -1.52. The van der Waals surface area contributed by atoms with E-state index in [1.807, 2.05) is 20.9 Å². The summed E-state index contributed by atoms with van der Waals surface area (Å²) in [5.41, 5.74) is 6.61. The first-order valence-corrected chi connectivity index (χ1v) is 6.56. The largest absolute Gasteiger partial charge is 0.473 e.